The van der Waals surface area contributed by atoms with Crippen LogP contribution < -0.4 is 16.1 Å². The summed E-state index contributed by atoms with van der Waals surface area (Å²) in [5.74, 6) is -1.99. The number of benzene rings is 4. The molecule has 9 nitrogen and oxygen atoms in total. The number of methoxy groups -OCH3 is 1. The number of ketones is 2. The fourth-order valence-corrected chi connectivity index (χ4v) is 8.17. The summed E-state index contributed by atoms with van der Waals surface area (Å²) in [6, 6.07) is 31.1. The average Bonchev–Trinajstić information content (AvgIpc) is 3.39. The molecular formula is C39H31N3O6. The van der Waals surface area contributed by atoms with E-state index in [-0.39, 0.29) is 30.3 Å². The van der Waals surface area contributed by atoms with Crippen LogP contribution in [0.3, 0.4) is 0 Å². The van der Waals surface area contributed by atoms with Crippen molar-refractivity contribution < 1.29 is 19.4 Å². The van der Waals surface area contributed by atoms with Crippen molar-refractivity contribution in [2.45, 2.75) is 30.3 Å². The molecule has 0 spiro atoms. The standard InChI is InChI=1S/C39H31N3O6/c1-48-27-17-18-33(43)30(21-27)35-28-19-20-40-37(46)41(26-15-9-4-10-16-26)38(47)42(40)32(28)23-31-36(45)29(24-11-5-2-6-12-24)22-34(44)39(31,35)25-13-7-3-8-14-25/h2-19,21-22,31-32,35,43H,20,23H2,1H3/t31-,32+,35+,39-/m0/s1. The second-order valence-corrected chi connectivity index (χ2v) is 12.4. The zero-order valence-electron chi connectivity index (χ0n) is 26.0. The molecule has 1 fully saturated rings. The van der Waals surface area contributed by atoms with E-state index >= 15 is 4.79 Å². The molecule has 2 aliphatic carbocycles. The fraction of sp³-hybridized carbons (Fsp3) is 0.179. The number of Topliss-reactive ketones (excluding diaryl/α,β-unsaturated/α-hetero) is 1. The van der Waals surface area contributed by atoms with Crippen molar-refractivity contribution in [3.05, 3.63) is 165 Å². The highest BCUT2D eigenvalue weighted by molar-refractivity contribution is 6.31. The molecule has 5 aromatic rings. The normalized spacial score (nSPS) is 23.0. The van der Waals surface area contributed by atoms with Gasteiger partial charge < -0.3 is 9.84 Å². The van der Waals surface area contributed by atoms with Gasteiger partial charge in [-0.05, 0) is 59.5 Å². The van der Waals surface area contributed by atoms with E-state index < -0.39 is 34.7 Å². The van der Waals surface area contributed by atoms with Crippen LogP contribution in [0.5, 0.6) is 11.5 Å². The molecule has 1 aliphatic heterocycles. The van der Waals surface area contributed by atoms with Crippen LogP contribution >= 0.6 is 0 Å². The third kappa shape index (κ3) is 4.10. The van der Waals surface area contributed by atoms with Gasteiger partial charge in [0.15, 0.2) is 11.6 Å². The van der Waals surface area contributed by atoms with Gasteiger partial charge in [0, 0.05) is 23.0 Å². The molecule has 2 heterocycles. The summed E-state index contributed by atoms with van der Waals surface area (Å²) < 4.78 is 9.54. The summed E-state index contributed by atoms with van der Waals surface area (Å²) >= 11 is 0. The minimum atomic E-state index is -1.48. The molecule has 4 atom stereocenters. The molecule has 0 unspecified atom stereocenters. The van der Waals surface area contributed by atoms with Gasteiger partial charge in [-0.15, -0.1) is 0 Å². The van der Waals surface area contributed by atoms with E-state index in [0.29, 0.717) is 39.3 Å². The van der Waals surface area contributed by atoms with Crippen LogP contribution in [-0.4, -0.2) is 37.7 Å². The highest BCUT2D eigenvalue weighted by atomic mass is 16.5. The fourth-order valence-electron chi connectivity index (χ4n) is 8.17. The number of nitrogens with zero attached hydrogens (tertiary/aromatic N) is 3. The highest BCUT2D eigenvalue weighted by Gasteiger charge is 2.63. The van der Waals surface area contributed by atoms with Crippen molar-refractivity contribution in [2.24, 2.45) is 5.92 Å². The van der Waals surface area contributed by atoms with Gasteiger partial charge in [0.1, 0.15) is 11.5 Å². The van der Waals surface area contributed by atoms with Crippen molar-refractivity contribution in [2.75, 3.05) is 7.11 Å². The van der Waals surface area contributed by atoms with E-state index in [4.69, 9.17) is 4.74 Å². The molecule has 8 rings (SSSR count). The monoisotopic (exact) mass is 637 g/mol. The molecule has 238 valence electrons. The van der Waals surface area contributed by atoms with Crippen LogP contribution in [0.15, 0.2) is 137 Å². The lowest BCUT2D eigenvalue weighted by Gasteiger charge is -2.54. The minimum Gasteiger partial charge on any atom is -0.508 e. The predicted molar refractivity (Wildman–Crippen MR) is 179 cm³/mol. The van der Waals surface area contributed by atoms with Crippen LogP contribution in [0.2, 0.25) is 0 Å². The Labute approximate surface area is 275 Å². The lowest BCUT2D eigenvalue weighted by molar-refractivity contribution is -0.133. The Kier molecular flexibility index (Phi) is 6.80. The minimum absolute atomic E-state index is 0.0593. The smallest absolute Gasteiger partial charge is 0.352 e. The lowest BCUT2D eigenvalue weighted by atomic mass is 9.47. The third-order valence-electron chi connectivity index (χ3n) is 10.2. The number of ether oxygens (including phenoxy) is 1. The molecular weight excluding hydrogens is 606 g/mol. The Balaban J connectivity index is 1.44. The van der Waals surface area contributed by atoms with Gasteiger partial charge in [-0.3, -0.25) is 9.59 Å². The Morgan fingerprint density at radius 3 is 2.17 bits per heavy atom. The number of phenolic OH excluding ortho intramolecular Hbond substituents is 1. The molecule has 1 aromatic heterocycles. The Morgan fingerprint density at radius 1 is 0.812 bits per heavy atom. The summed E-state index contributed by atoms with van der Waals surface area (Å²) in [6.07, 6.45) is 3.40. The maximum Gasteiger partial charge on any atom is 0.352 e. The van der Waals surface area contributed by atoms with Crippen LogP contribution in [-0.2, 0) is 21.5 Å². The first-order valence-corrected chi connectivity index (χ1v) is 15.8. The number of fused-ring (bicyclic) bond motifs is 4. The van der Waals surface area contributed by atoms with Gasteiger partial charge in [0.25, 0.3) is 0 Å². The van der Waals surface area contributed by atoms with E-state index in [1.165, 1.54) is 28.6 Å². The molecule has 0 bridgehead atoms. The van der Waals surface area contributed by atoms with Crippen molar-refractivity contribution in [1.82, 2.24) is 13.9 Å². The zero-order chi connectivity index (χ0) is 33.2. The Bertz CT molecular complexity index is 2280. The quantitative estimate of drug-likeness (QED) is 0.273. The molecule has 48 heavy (non-hydrogen) atoms. The van der Waals surface area contributed by atoms with E-state index in [2.05, 4.69) is 0 Å². The highest BCUT2D eigenvalue weighted by Crippen LogP contribution is 2.62. The molecule has 1 saturated carbocycles. The number of hydrogen-bond donors (Lipinski definition) is 1. The number of phenols is 1. The molecule has 9 heteroatoms. The maximum atomic E-state index is 15.1. The topological polar surface area (TPSA) is 113 Å². The third-order valence-corrected chi connectivity index (χ3v) is 10.2. The number of aromatic hydroxyl groups is 1. The van der Waals surface area contributed by atoms with Gasteiger partial charge in [-0.25, -0.2) is 23.5 Å². The van der Waals surface area contributed by atoms with Gasteiger partial charge in [-0.2, -0.15) is 0 Å². The lowest BCUT2D eigenvalue weighted by Crippen LogP contribution is -2.58. The molecule has 0 saturated heterocycles. The number of allylic oxidation sites excluding steroid dienone is 4. The van der Waals surface area contributed by atoms with Gasteiger partial charge in [0.05, 0.1) is 30.8 Å². The van der Waals surface area contributed by atoms with E-state index in [1.807, 2.05) is 54.6 Å². The van der Waals surface area contributed by atoms with Gasteiger partial charge in [-0.1, -0.05) is 84.9 Å². The van der Waals surface area contributed by atoms with E-state index in [1.54, 1.807) is 54.6 Å². The summed E-state index contributed by atoms with van der Waals surface area (Å²) in [4.78, 5) is 58.1. The SMILES string of the molecule is COc1ccc(O)c([C@H]2C3=CCn4c(=O)n(-c5ccccc5)c(=O)n4[C@@H]3C[C@H]3C(=O)C(c4ccccc4)=CC(=O)[C@@]23c2ccccc2)c1. The number of para-hydroxylation sites is 1. The Hall–Kier alpha value is -5.96. The molecule has 1 N–H and O–H groups in total. The number of aromatic nitrogens is 3. The molecule has 3 aliphatic rings. The van der Waals surface area contributed by atoms with Crippen molar-refractivity contribution in [1.29, 1.82) is 0 Å². The first-order chi connectivity index (χ1) is 23.4. The van der Waals surface area contributed by atoms with Crippen molar-refractivity contribution >= 4 is 17.1 Å². The van der Waals surface area contributed by atoms with Crippen LogP contribution in [0, 0.1) is 5.92 Å². The number of hydrogen-bond acceptors (Lipinski definition) is 6. The second kappa shape index (κ2) is 11.1. The Morgan fingerprint density at radius 2 is 1.48 bits per heavy atom. The van der Waals surface area contributed by atoms with E-state index in [9.17, 15) is 19.5 Å². The number of rotatable bonds is 5. The second-order valence-electron chi connectivity index (χ2n) is 12.4. The van der Waals surface area contributed by atoms with E-state index in [0.717, 1.165) is 4.57 Å². The number of carbonyl (C=O) groups excluding carboxylic acids is 2. The van der Waals surface area contributed by atoms with Crippen LogP contribution in [0.4, 0.5) is 0 Å². The van der Waals surface area contributed by atoms with Crippen molar-refractivity contribution in [3.63, 3.8) is 0 Å². The molecule has 0 radical (unpaired) electrons. The summed E-state index contributed by atoms with van der Waals surface area (Å²) in [5.41, 5.74) is 0.504. The van der Waals surface area contributed by atoms with Crippen LogP contribution in [0.25, 0.3) is 11.3 Å². The largest absolute Gasteiger partial charge is 0.508 e. The zero-order valence-corrected chi connectivity index (χ0v) is 26.0. The first-order valence-electron chi connectivity index (χ1n) is 15.8. The first kappa shape index (κ1) is 29.4. The summed E-state index contributed by atoms with van der Waals surface area (Å²) in [7, 11) is 1.52. The van der Waals surface area contributed by atoms with Gasteiger partial charge >= 0.3 is 11.4 Å². The summed E-state index contributed by atoms with van der Waals surface area (Å²) in [5, 5.41) is 11.5. The molecule has 0 amide bonds. The number of carbonyl (C=O) groups is 2. The molecule has 4 aromatic carbocycles. The average molecular weight is 638 g/mol. The predicted octanol–water partition coefficient (Wildman–Crippen LogP) is 4.97. The summed E-state index contributed by atoms with van der Waals surface area (Å²) in [6.45, 7) is 0.0593. The van der Waals surface area contributed by atoms with Gasteiger partial charge in [0.2, 0.25) is 0 Å². The maximum absolute atomic E-state index is 15.1. The van der Waals surface area contributed by atoms with Crippen molar-refractivity contribution in [3.8, 4) is 17.2 Å². The van der Waals surface area contributed by atoms with Crippen LogP contribution in [0.1, 0.15) is 35.1 Å².